The second kappa shape index (κ2) is 5.07. The standard InChI is InChI=1S/C6H14BrN3/c7-10-5-3-8-1-2-9-4-6-10/h8-9H,1-6H2. The van der Waals surface area contributed by atoms with Crippen molar-refractivity contribution in [3.05, 3.63) is 0 Å². The summed E-state index contributed by atoms with van der Waals surface area (Å²) in [6, 6.07) is 0. The average molecular weight is 208 g/mol. The Kier molecular flexibility index (Phi) is 4.29. The Morgan fingerprint density at radius 1 is 0.900 bits per heavy atom. The number of hydrogen-bond donors (Lipinski definition) is 2. The van der Waals surface area contributed by atoms with Crippen LogP contribution in [0.25, 0.3) is 0 Å². The lowest BCUT2D eigenvalue weighted by atomic mass is 10.5. The van der Waals surface area contributed by atoms with Gasteiger partial charge in [-0.1, -0.05) is 0 Å². The van der Waals surface area contributed by atoms with Gasteiger partial charge in [-0.3, -0.25) is 0 Å². The summed E-state index contributed by atoms with van der Waals surface area (Å²) in [4.78, 5) is 0. The van der Waals surface area contributed by atoms with E-state index in [1.807, 2.05) is 0 Å². The zero-order chi connectivity index (χ0) is 7.23. The van der Waals surface area contributed by atoms with Crippen molar-refractivity contribution in [1.82, 2.24) is 14.6 Å². The maximum Gasteiger partial charge on any atom is 0.0218 e. The molecule has 0 unspecified atom stereocenters. The maximum atomic E-state index is 3.46. The normalized spacial score (nSPS) is 24.9. The van der Waals surface area contributed by atoms with E-state index in [4.69, 9.17) is 0 Å². The highest BCUT2D eigenvalue weighted by Gasteiger charge is 2.00. The molecule has 0 aromatic carbocycles. The third kappa shape index (κ3) is 3.51. The van der Waals surface area contributed by atoms with Gasteiger partial charge in [0.1, 0.15) is 0 Å². The van der Waals surface area contributed by atoms with E-state index in [0.717, 1.165) is 39.3 Å². The molecule has 60 valence electrons. The molecule has 1 rings (SSSR count). The summed E-state index contributed by atoms with van der Waals surface area (Å²) in [7, 11) is 0. The van der Waals surface area contributed by atoms with Crippen molar-refractivity contribution < 1.29 is 0 Å². The number of rotatable bonds is 0. The molecule has 0 saturated carbocycles. The largest absolute Gasteiger partial charge is 0.314 e. The Hall–Kier alpha value is 0.360. The fourth-order valence-electron chi connectivity index (χ4n) is 0.939. The van der Waals surface area contributed by atoms with Gasteiger partial charge in [-0.15, -0.1) is 0 Å². The summed E-state index contributed by atoms with van der Waals surface area (Å²) in [5.41, 5.74) is 0. The number of nitrogens with zero attached hydrogens (tertiary/aromatic N) is 1. The van der Waals surface area contributed by atoms with Gasteiger partial charge in [0.05, 0.1) is 0 Å². The highest BCUT2D eigenvalue weighted by Crippen LogP contribution is 1.94. The second-order valence-corrected chi connectivity index (χ2v) is 3.41. The first-order chi connectivity index (χ1) is 4.89. The van der Waals surface area contributed by atoms with E-state index < -0.39 is 0 Å². The molecule has 1 aliphatic rings. The van der Waals surface area contributed by atoms with Gasteiger partial charge in [0.2, 0.25) is 0 Å². The molecule has 2 N–H and O–H groups in total. The Balaban J connectivity index is 2.15. The van der Waals surface area contributed by atoms with Crippen LogP contribution in [0.5, 0.6) is 0 Å². The minimum atomic E-state index is 1.08. The van der Waals surface area contributed by atoms with E-state index >= 15 is 0 Å². The van der Waals surface area contributed by atoms with Crippen LogP contribution in [0, 0.1) is 0 Å². The van der Waals surface area contributed by atoms with Gasteiger partial charge < -0.3 is 10.6 Å². The Bertz CT molecular complexity index is 79.1. The van der Waals surface area contributed by atoms with Crippen molar-refractivity contribution in [1.29, 1.82) is 0 Å². The Labute approximate surface area is 70.5 Å². The summed E-state index contributed by atoms with van der Waals surface area (Å²) < 4.78 is 2.15. The lowest BCUT2D eigenvalue weighted by Crippen LogP contribution is -2.27. The van der Waals surface area contributed by atoms with Crippen LogP contribution < -0.4 is 10.6 Å². The lowest BCUT2D eigenvalue weighted by Gasteiger charge is -2.11. The molecule has 0 aliphatic carbocycles. The first kappa shape index (κ1) is 8.46. The Morgan fingerprint density at radius 3 is 1.90 bits per heavy atom. The van der Waals surface area contributed by atoms with Gasteiger partial charge in [0.25, 0.3) is 0 Å². The van der Waals surface area contributed by atoms with Crippen LogP contribution >= 0.6 is 16.1 Å². The zero-order valence-electron chi connectivity index (χ0n) is 6.07. The number of hydrogen-bond acceptors (Lipinski definition) is 3. The van der Waals surface area contributed by atoms with E-state index in [2.05, 4.69) is 30.7 Å². The quantitative estimate of drug-likeness (QED) is 0.539. The van der Waals surface area contributed by atoms with Crippen LogP contribution in [-0.2, 0) is 0 Å². The van der Waals surface area contributed by atoms with Crippen molar-refractivity contribution >= 4 is 16.1 Å². The molecule has 10 heavy (non-hydrogen) atoms. The molecule has 0 atom stereocenters. The highest BCUT2D eigenvalue weighted by atomic mass is 79.9. The van der Waals surface area contributed by atoms with Crippen LogP contribution in [0.1, 0.15) is 0 Å². The predicted octanol–water partition coefficient (Wildman–Crippen LogP) is -0.209. The Morgan fingerprint density at radius 2 is 1.40 bits per heavy atom. The molecule has 0 bridgehead atoms. The van der Waals surface area contributed by atoms with E-state index in [0.29, 0.717) is 0 Å². The molecule has 1 saturated heterocycles. The van der Waals surface area contributed by atoms with E-state index in [-0.39, 0.29) is 0 Å². The summed E-state index contributed by atoms with van der Waals surface area (Å²) >= 11 is 3.46. The molecule has 0 spiro atoms. The van der Waals surface area contributed by atoms with Crippen LogP contribution in [0.2, 0.25) is 0 Å². The van der Waals surface area contributed by atoms with Gasteiger partial charge in [0, 0.05) is 55.4 Å². The van der Waals surface area contributed by atoms with Crippen molar-refractivity contribution in [2.24, 2.45) is 0 Å². The first-order valence-corrected chi connectivity index (χ1v) is 4.42. The molecule has 1 fully saturated rings. The topological polar surface area (TPSA) is 27.3 Å². The van der Waals surface area contributed by atoms with Crippen molar-refractivity contribution in [3.8, 4) is 0 Å². The minimum Gasteiger partial charge on any atom is -0.314 e. The molecule has 0 aromatic rings. The number of halogens is 1. The van der Waals surface area contributed by atoms with Crippen LogP contribution in [0.4, 0.5) is 0 Å². The monoisotopic (exact) mass is 207 g/mol. The summed E-state index contributed by atoms with van der Waals surface area (Å²) in [6.45, 7) is 6.49. The van der Waals surface area contributed by atoms with Gasteiger partial charge in [0.15, 0.2) is 0 Å². The zero-order valence-corrected chi connectivity index (χ0v) is 7.65. The molecule has 4 heteroatoms. The molecule has 0 aromatic heterocycles. The average Bonchev–Trinajstić information content (AvgIpc) is 2.02. The summed E-state index contributed by atoms with van der Waals surface area (Å²) in [6.07, 6.45) is 0. The molecule has 0 amide bonds. The fraction of sp³-hybridized carbons (Fsp3) is 1.00. The summed E-state index contributed by atoms with van der Waals surface area (Å²) in [5.74, 6) is 0. The maximum absolute atomic E-state index is 3.46. The third-order valence-corrected chi connectivity index (χ3v) is 2.25. The summed E-state index contributed by atoms with van der Waals surface area (Å²) in [5, 5.41) is 6.65. The second-order valence-electron chi connectivity index (χ2n) is 2.41. The minimum absolute atomic E-state index is 1.08. The molecule has 1 heterocycles. The van der Waals surface area contributed by atoms with Crippen LogP contribution in [0.3, 0.4) is 0 Å². The first-order valence-electron chi connectivity index (χ1n) is 3.72. The fourth-order valence-corrected chi connectivity index (χ4v) is 1.29. The molecule has 3 nitrogen and oxygen atoms in total. The van der Waals surface area contributed by atoms with Crippen molar-refractivity contribution in [2.75, 3.05) is 39.3 Å². The van der Waals surface area contributed by atoms with E-state index in [1.54, 1.807) is 0 Å². The molecule has 1 aliphatic heterocycles. The van der Waals surface area contributed by atoms with Crippen molar-refractivity contribution in [2.45, 2.75) is 0 Å². The van der Waals surface area contributed by atoms with Crippen LogP contribution in [0.15, 0.2) is 0 Å². The highest BCUT2D eigenvalue weighted by molar-refractivity contribution is 9.07. The molecular formula is C6H14BrN3. The third-order valence-electron chi connectivity index (χ3n) is 1.54. The van der Waals surface area contributed by atoms with E-state index in [1.165, 1.54) is 0 Å². The van der Waals surface area contributed by atoms with Gasteiger partial charge in [-0.2, -0.15) is 0 Å². The predicted molar refractivity (Wildman–Crippen MR) is 46.2 cm³/mol. The molecular weight excluding hydrogens is 194 g/mol. The number of nitrogens with one attached hydrogen (secondary N) is 2. The van der Waals surface area contributed by atoms with Gasteiger partial charge in [-0.05, 0) is 0 Å². The van der Waals surface area contributed by atoms with Gasteiger partial charge in [-0.25, -0.2) is 3.93 Å². The SMILES string of the molecule is BrN1CCNCCNCC1. The van der Waals surface area contributed by atoms with Gasteiger partial charge >= 0.3 is 0 Å². The molecule has 0 radical (unpaired) electrons. The lowest BCUT2D eigenvalue weighted by molar-refractivity contribution is 0.486. The van der Waals surface area contributed by atoms with Crippen molar-refractivity contribution in [3.63, 3.8) is 0 Å². The van der Waals surface area contributed by atoms with Crippen LogP contribution in [-0.4, -0.2) is 43.2 Å². The van der Waals surface area contributed by atoms with E-state index in [9.17, 15) is 0 Å². The smallest absolute Gasteiger partial charge is 0.0218 e.